The summed E-state index contributed by atoms with van der Waals surface area (Å²) in [5, 5.41) is 2.91. The first-order valence-corrected chi connectivity index (χ1v) is 9.51. The second-order valence-electron chi connectivity index (χ2n) is 6.74. The van der Waals surface area contributed by atoms with Gasteiger partial charge in [-0.3, -0.25) is 9.68 Å². The van der Waals surface area contributed by atoms with Crippen molar-refractivity contribution in [3.8, 4) is 0 Å². The van der Waals surface area contributed by atoms with Crippen LogP contribution < -0.4 is 22.9 Å². The SMILES string of the molecule is CC1(C)N=C(N)N=C(N)N1OCCSCCON1C(N)=NC(N)=NC1(C)C. The minimum Gasteiger partial charge on any atom is -0.368 e. The number of nitrogens with two attached hydrogens (primary N) is 4. The first kappa shape index (κ1) is 21.1. The van der Waals surface area contributed by atoms with Crippen LogP contribution in [0.2, 0.25) is 0 Å². The van der Waals surface area contributed by atoms with Crippen molar-refractivity contribution in [3.63, 3.8) is 0 Å². The molecule has 0 aromatic carbocycles. The molecule has 0 saturated carbocycles. The Hall–Kier alpha value is -2.25. The zero-order valence-corrected chi connectivity index (χ0v) is 16.9. The predicted octanol–water partition coefficient (Wildman–Crippen LogP) is -1.05. The van der Waals surface area contributed by atoms with Crippen LogP contribution in [0.5, 0.6) is 0 Å². The molecule has 2 aliphatic rings. The molecule has 0 aromatic rings. The maximum absolute atomic E-state index is 5.85. The zero-order valence-electron chi connectivity index (χ0n) is 16.0. The Morgan fingerprint density at radius 2 is 1.15 bits per heavy atom. The molecule has 152 valence electrons. The van der Waals surface area contributed by atoms with Gasteiger partial charge < -0.3 is 22.9 Å². The van der Waals surface area contributed by atoms with Crippen molar-refractivity contribution in [1.82, 2.24) is 10.1 Å². The number of guanidine groups is 4. The molecule has 2 heterocycles. The summed E-state index contributed by atoms with van der Waals surface area (Å²) >= 11 is 1.65. The normalized spacial score (nSPS) is 21.3. The van der Waals surface area contributed by atoms with Gasteiger partial charge in [0.25, 0.3) is 0 Å². The van der Waals surface area contributed by atoms with Gasteiger partial charge in [-0.2, -0.15) is 31.9 Å². The first-order valence-electron chi connectivity index (χ1n) is 8.36. The summed E-state index contributed by atoms with van der Waals surface area (Å²) in [6, 6.07) is 0. The number of thioether (sulfide) groups is 1. The van der Waals surface area contributed by atoms with Crippen LogP contribution in [-0.4, -0.2) is 70.0 Å². The van der Waals surface area contributed by atoms with Crippen molar-refractivity contribution in [2.75, 3.05) is 24.7 Å². The van der Waals surface area contributed by atoms with E-state index in [9.17, 15) is 0 Å². The highest BCUT2D eigenvalue weighted by atomic mass is 32.2. The van der Waals surface area contributed by atoms with Gasteiger partial charge in [-0.1, -0.05) is 0 Å². The van der Waals surface area contributed by atoms with E-state index in [1.165, 1.54) is 10.1 Å². The van der Waals surface area contributed by atoms with Crippen molar-refractivity contribution in [2.45, 2.75) is 39.0 Å². The molecule has 0 saturated heterocycles. The summed E-state index contributed by atoms with van der Waals surface area (Å²) in [4.78, 5) is 27.6. The third-order valence-electron chi connectivity index (χ3n) is 3.54. The highest BCUT2D eigenvalue weighted by molar-refractivity contribution is 7.99. The molecule has 27 heavy (non-hydrogen) atoms. The average Bonchev–Trinajstić information content (AvgIpc) is 2.48. The summed E-state index contributed by atoms with van der Waals surface area (Å²) in [5.41, 5.74) is 21.5. The maximum atomic E-state index is 5.85. The van der Waals surface area contributed by atoms with Crippen molar-refractivity contribution in [3.05, 3.63) is 0 Å². The van der Waals surface area contributed by atoms with Crippen molar-refractivity contribution >= 4 is 35.6 Å². The summed E-state index contributed by atoms with van der Waals surface area (Å²) in [6.45, 7) is 8.21. The Morgan fingerprint density at radius 3 is 1.48 bits per heavy atom. The molecule has 0 spiro atoms. The molecule has 0 fully saturated rings. The fraction of sp³-hybridized carbons (Fsp3) is 0.714. The number of hydrogen-bond acceptors (Lipinski definition) is 13. The molecule has 12 nitrogen and oxygen atoms in total. The molecule has 0 bridgehead atoms. The fourth-order valence-electron chi connectivity index (χ4n) is 2.51. The fourth-order valence-corrected chi connectivity index (χ4v) is 3.10. The predicted molar refractivity (Wildman–Crippen MR) is 108 cm³/mol. The average molecular weight is 401 g/mol. The third kappa shape index (κ3) is 5.37. The Bertz CT molecular complexity index is 617. The lowest BCUT2D eigenvalue weighted by Gasteiger charge is -2.37. The van der Waals surface area contributed by atoms with Crippen LogP contribution in [0, 0.1) is 0 Å². The lowest BCUT2D eigenvalue weighted by molar-refractivity contribution is -0.152. The van der Waals surface area contributed by atoms with Gasteiger partial charge in [-0.05, 0) is 27.7 Å². The van der Waals surface area contributed by atoms with Crippen LogP contribution in [0.3, 0.4) is 0 Å². The molecule has 0 aromatic heterocycles. The Kier molecular flexibility index (Phi) is 6.38. The zero-order chi connectivity index (χ0) is 20.2. The summed E-state index contributed by atoms with van der Waals surface area (Å²) in [5.74, 6) is 2.09. The highest BCUT2D eigenvalue weighted by Crippen LogP contribution is 2.21. The molecule has 8 N–H and O–H groups in total. The number of nitrogens with zero attached hydrogens (tertiary/aromatic N) is 6. The van der Waals surface area contributed by atoms with Crippen LogP contribution in [0.1, 0.15) is 27.7 Å². The molecule has 0 atom stereocenters. The maximum Gasteiger partial charge on any atom is 0.226 e. The van der Waals surface area contributed by atoms with Crippen LogP contribution in [0.25, 0.3) is 0 Å². The summed E-state index contributed by atoms with van der Waals surface area (Å²) in [6.07, 6.45) is 0. The van der Waals surface area contributed by atoms with Gasteiger partial charge in [0, 0.05) is 11.5 Å². The van der Waals surface area contributed by atoms with Crippen LogP contribution in [0.4, 0.5) is 0 Å². The first-order chi connectivity index (χ1) is 12.5. The van der Waals surface area contributed by atoms with Gasteiger partial charge in [-0.25, -0.2) is 9.98 Å². The minimum atomic E-state index is -0.706. The van der Waals surface area contributed by atoms with E-state index in [-0.39, 0.29) is 23.8 Å². The van der Waals surface area contributed by atoms with Gasteiger partial charge in [0.1, 0.15) is 0 Å². The largest absolute Gasteiger partial charge is 0.368 e. The number of rotatable bonds is 8. The highest BCUT2D eigenvalue weighted by Gasteiger charge is 2.34. The summed E-state index contributed by atoms with van der Waals surface area (Å²) in [7, 11) is 0. The monoisotopic (exact) mass is 400 g/mol. The molecule has 0 amide bonds. The molecule has 0 unspecified atom stereocenters. The lowest BCUT2D eigenvalue weighted by Crippen LogP contribution is -2.54. The number of hydrogen-bond donors (Lipinski definition) is 4. The van der Waals surface area contributed by atoms with E-state index in [1.54, 1.807) is 11.8 Å². The van der Waals surface area contributed by atoms with E-state index >= 15 is 0 Å². The van der Waals surface area contributed by atoms with Gasteiger partial charge in [0.15, 0.2) is 11.3 Å². The second-order valence-corrected chi connectivity index (χ2v) is 7.96. The standard InChI is InChI=1S/C14H28N10O2S/c1-13(2)21-9(15)19-11(17)23(13)25-5-7-27-8-6-26-24-12(18)20-10(16)22-14(24,3)4/h5-8H2,1-4H3,(H4,15,17,19,21)(H4,16,18,20,22). The Balaban J connectivity index is 1.67. The smallest absolute Gasteiger partial charge is 0.226 e. The summed E-state index contributed by atoms with van der Waals surface area (Å²) < 4.78 is 0. The van der Waals surface area contributed by atoms with Crippen LogP contribution in [-0.2, 0) is 9.68 Å². The molecule has 0 radical (unpaired) electrons. The molecule has 2 aliphatic heterocycles. The van der Waals surface area contributed by atoms with Gasteiger partial charge in [0.2, 0.25) is 23.8 Å². The van der Waals surface area contributed by atoms with E-state index in [4.69, 9.17) is 32.6 Å². The Labute approximate surface area is 162 Å². The van der Waals surface area contributed by atoms with E-state index in [2.05, 4.69) is 20.0 Å². The van der Waals surface area contributed by atoms with E-state index in [0.29, 0.717) is 13.2 Å². The molecular weight excluding hydrogens is 372 g/mol. The lowest BCUT2D eigenvalue weighted by atomic mass is 10.2. The van der Waals surface area contributed by atoms with Crippen LogP contribution >= 0.6 is 11.8 Å². The topological polar surface area (TPSA) is 178 Å². The quantitative estimate of drug-likeness (QED) is 0.370. The van der Waals surface area contributed by atoms with Gasteiger partial charge >= 0.3 is 0 Å². The van der Waals surface area contributed by atoms with E-state index in [0.717, 1.165) is 11.5 Å². The van der Waals surface area contributed by atoms with Crippen LogP contribution in [0.15, 0.2) is 20.0 Å². The molecular formula is C14H28N10O2S. The molecule has 0 aliphatic carbocycles. The third-order valence-corrected chi connectivity index (χ3v) is 4.45. The van der Waals surface area contributed by atoms with Crippen molar-refractivity contribution < 1.29 is 9.68 Å². The Morgan fingerprint density at radius 1 is 0.778 bits per heavy atom. The molecule has 13 heteroatoms. The van der Waals surface area contributed by atoms with Gasteiger partial charge in [-0.15, -0.1) is 0 Å². The second kappa shape index (κ2) is 8.19. The van der Waals surface area contributed by atoms with Crippen molar-refractivity contribution in [1.29, 1.82) is 0 Å². The number of hydroxylamine groups is 4. The van der Waals surface area contributed by atoms with Gasteiger partial charge in [0.05, 0.1) is 13.2 Å². The molecule has 2 rings (SSSR count). The van der Waals surface area contributed by atoms with Crippen molar-refractivity contribution in [2.24, 2.45) is 42.9 Å². The minimum absolute atomic E-state index is 0.137. The number of aliphatic imine (C=N–C) groups is 4. The van der Waals surface area contributed by atoms with E-state index in [1.807, 2.05) is 27.7 Å². The van der Waals surface area contributed by atoms with E-state index < -0.39 is 11.3 Å².